The van der Waals surface area contributed by atoms with Gasteiger partial charge in [0, 0.05) is 26.2 Å². The lowest BCUT2D eigenvalue weighted by Gasteiger charge is -2.41. The van der Waals surface area contributed by atoms with Gasteiger partial charge >= 0.3 is 0 Å². The van der Waals surface area contributed by atoms with Crippen LogP contribution in [0.15, 0.2) is 23.1 Å². The van der Waals surface area contributed by atoms with Crippen LogP contribution in [0.25, 0.3) is 0 Å². The minimum absolute atomic E-state index is 0.179. The Morgan fingerprint density at radius 3 is 2.23 bits per heavy atom. The highest BCUT2D eigenvalue weighted by molar-refractivity contribution is 7.93. The number of rotatable bonds is 5. The van der Waals surface area contributed by atoms with E-state index in [1.165, 1.54) is 0 Å². The van der Waals surface area contributed by atoms with Crippen molar-refractivity contribution in [2.45, 2.75) is 69.1 Å². The van der Waals surface area contributed by atoms with E-state index >= 15 is 0 Å². The summed E-state index contributed by atoms with van der Waals surface area (Å²) in [5.74, 6) is -0.0401. The molecule has 1 unspecified atom stereocenters. The highest BCUT2D eigenvalue weighted by atomic mass is 32.2. The van der Waals surface area contributed by atoms with Gasteiger partial charge in [-0.05, 0) is 49.8 Å². The van der Waals surface area contributed by atoms with E-state index in [-0.39, 0.29) is 17.9 Å². The Morgan fingerprint density at radius 2 is 1.70 bits per heavy atom. The van der Waals surface area contributed by atoms with Crippen LogP contribution in [0.5, 0.6) is 0 Å². The van der Waals surface area contributed by atoms with Gasteiger partial charge in [0.25, 0.3) is 0 Å². The van der Waals surface area contributed by atoms with Gasteiger partial charge in [-0.1, -0.05) is 38.8 Å². The van der Waals surface area contributed by atoms with E-state index in [1.54, 1.807) is 17.9 Å². The van der Waals surface area contributed by atoms with Crippen molar-refractivity contribution in [3.05, 3.63) is 29.3 Å². The monoisotopic (exact) mass is 431 g/mol. The number of aryl methyl sites for hydroxylation is 2. The molecule has 0 bridgehead atoms. The molecule has 30 heavy (non-hydrogen) atoms. The molecule has 2 aliphatic rings. The summed E-state index contributed by atoms with van der Waals surface area (Å²) in [5, 5.41) is 9.47. The highest BCUT2D eigenvalue weighted by Gasteiger charge is 2.55. The Kier molecular flexibility index (Phi) is 6.59. The van der Waals surface area contributed by atoms with Crippen molar-refractivity contribution in [2.24, 2.45) is 5.92 Å². The number of hydrogen-bond acceptors (Lipinski definition) is 5. The third-order valence-corrected chi connectivity index (χ3v) is 9.34. The quantitative estimate of drug-likeness (QED) is 0.716. The third kappa shape index (κ3) is 3.88. The summed E-state index contributed by atoms with van der Waals surface area (Å²) in [6.45, 7) is 9.85. The average molecular weight is 432 g/mol. The topological polar surface area (TPSA) is 81.5 Å². The fraction of sp³-hybridized carbons (Fsp3) is 0.652. The molecule has 1 aliphatic heterocycles. The van der Waals surface area contributed by atoms with Crippen LogP contribution in [0.2, 0.25) is 0 Å². The molecule has 0 radical (unpaired) electrons. The third-order valence-electron chi connectivity index (χ3n) is 6.71. The molecule has 1 heterocycles. The molecule has 2 fully saturated rings. The van der Waals surface area contributed by atoms with E-state index in [1.807, 2.05) is 32.9 Å². The van der Waals surface area contributed by atoms with Gasteiger partial charge in [0.15, 0.2) is 14.6 Å². The predicted octanol–water partition coefficient (Wildman–Crippen LogP) is 3.08. The first kappa shape index (κ1) is 22.8. The lowest BCUT2D eigenvalue weighted by atomic mass is 10.0. The van der Waals surface area contributed by atoms with E-state index < -0.39 is 14.6 Å². The normalized spacial score (nSPS) is 20.9. The van der Waals surface area contributed by atoms with Crippen LogP contribution in [0.3, 0.4) is 0 Å². The van der Waals surface area contributed by atoms with Crippen molar-refractivity contribution in [2.75, 3.05) is 26.2 Å². The summed E-state index contributed by atoms with van der Waals surface area (Å²) in [5.41, 5.74) is 1.57. The largest absolute Gasteiger partial charge is 0.339 e. The molecule has 1 aromatic rings. The maximum absolute atomic E-state index is 13.8. The Bertz CT molecular complexity index is 935. The minimum atomic E-state index is -3.81. The van der Waals surface area contributed by atoms with Gasteiger partial charge in [-0.3, -0.25) is 9.69 Å². The summed E-state index contributed by atoms with van der Waals surface area (Å²) in [6, 6.07) is 7.61. The number of carbonyl (C=O) groups excluding carboxylic acids is 1. The van der Waals surface area contributed by atoms with E-state index in [0.29, 0.717) is 49.5 Å². The molecule has 0 N–H and O–H groups in total. The van der Waals surface area contributed by atoms with E-state index in [4.69, 9.17) is 0 Å². The van der Waals surface area contributed by atoms with Crippen molar-refractivity contribution >= 4 is 15.7 Å². The second-order valence-corrected chi connectivity index (χ2v) is 11.3. The molecule has 1 atom stereocenters. The minimum Gasteiger partial charge on any atom is -0.339 e. The summed E-state index contributed by atoms with van der Waals surface area (Å²) in [6.07, 6.45) is 2.27. The Labute approximate surface area is 180 Å². The number of nitrogens with zero attached hydrogens (tertiary/aromatic N) is 3. The number of piperazine rings is 1. The van der Waals surface area contributed by atoms with Gasteiger partial charge in [0.2, 0.25) is 5.91 Å². The molecule has 0 aromatic heterocycles. The number of nitriles is 1. The number of amides is 1. The Hall–Kier alpha value is -1.91. The van der Waals surface area contributed by atoms with E-state index in [9.17, 15) is 18.5 Å². The van der Waals surface area contributed by atoms with Crippen LogP contribution in [0, 0.1) is 31.1 Å². The van der Waals surface area contributed by atoms with Gasteiger partial charge in [0.1, 0.15) is 6.04 Å². The van der Waals surface area contributed by atoms with Crippen LogP contribution in [-0.2, 0) is 14.6 Å². The zero-order chi connectivity index (χ0) is 22.1. The zero-order valence-corrected chi connectivity index (χ0v) is 19.3. The lowest BCUT2D eigenvalue weighted by molar-refractivity contribution is -0.136. The maximum atomic E-state index is 13.8. The molecule has 1 saturated heterocycles. The predicted molar refractivity (Wildman–Crippen MR) is 117 cm³/mol. The van der Waals surface area contributed by atoms with Crippen LogP contribution >= 0.6 is 0 Å². The second-order valence-electron chi connectivity index (χ2n) is 9.12. The second kappa shape index (κ2) is 8.68. The number of sulfone groups is 1. The SMILES string of the molecule is Cc1ccc(C)c(S(=O)(=O)C2(C(=O)N3CCN(C(C#N)C(C)C)CC3)CCCC2)c1. The molecule has 1 amide bonds. The smallest absolute Gasteiger partial charge is 0.244 e. The highest BCUT2D eigenvalue weighted by Crippen LogP contribution is 2.43. The van der Waals surface area contributed by atoms with Crippen molar-refractivity contribution in [1.29, 1.82) is 5.26 Å². The van der Waals surface area contributed by atoms with Gasteiger partial charge in [0.05, 0.1) is 11.0 Å². The van der Waals surface area contributed by atoms with Gasteiger partial charge in [-0.2, -0.15) is 5.26 Å². The van der Waals surface area contributed by atoms with Gasteiger partial charge in [-0.25, -0.2) is 8.42 Å². The first-order valence-electron chi connectivity index (χ1n) is 10.9. The van der Waals surface area contributed by atoms with Crippen molar-refractivity contribution in [3.8, 4) is 6.07 Å². The maximum Gasteiger partial charge on any atom is 0.244 e. The number of carbonyl (C=O) groups is 1. The van der Waals surface area contributed by atoms with E-state index in [2.05, 4.69) is 11.0 Å². The van der Waals surface area contributed by atoms with Crippen LogP contribution in [0.1, 0.15) is 50.7 Å². The molecule has 6 nitrogen and oxygen atoms in total. The molecule has 0 spiro atoms. The average Bonchev–Trinajstić information content (AvgIpc) is 3.22. The molecule has 3 rings (SSSR count). The van der Waals surface area contributed by atoms with E-state index in [0.717, 1.165) is 18.4 Å². The summed E-state index contributed by atoms with van der Waals surface area (Å²) in [7, 11) is -3.81. The number of benzene rings is 1. The first-order valence-corrected chi connectivity index (χ1v) is 12.4. The zero-order valence-electron chi connectivity index (χ0n) is 18.5. The lowest BCUT2D eigenvalue weighted by Crippen LogP contribution is -2.59. The summed E-state index contributed by atoms with van der Waals surface area (Å²) in [4.78, 5) is 17.8. The van der Waals surface area contributed by atoms with Crippen LogP contribution in [-0.4, -0.2) is 61.1 Å². The van der Waals surface area contributed by atoms with Gasteiger partial charge in [-0.15, -0.1) is 0 Å². The summed E-state index contributed by atoms with van der Waals surface area (Å²) < 4.78 is 26.3. The van der Waals surface area contributed by atoms with Crippen LogP contribution in [0.4, 0.5) is 0 Å². The molecule has 1 aliphatic carbocycles. The molecular formula is C23H33N3O3S. The molecule has 164 valence electrons. The van der Waals surface area contributed by atoms with Crippen molar-refractivity contribution in [3.63, 3.8) is 0 Å². The van der Waals surface area contributed by atoms with Gasteiger partial charge < -0.3 is 4.90 Å². The first-order chi connectivity index (χ1) is 14.1. The van der Waals surface area contributed by atoms with Crippen molar-refractivity contribution in [1.82, 2.24) is 9.80 Å². The molecule has 1 saturated carbocycles. The number of hydrogen-bond donors (Lipinski definition) is 0. The Balaban J connectivity index is 1.87. The Morgan fingerprint density at radius 1 is 1.10 bits per heavy atom. The molecular weight excluding hydrogens is 398 g/mol. The van der Waals surface area contributed by atoms with Crippen molar-refractivity contribution < 1.29 is 13.2 Å². The molecule has 1 aromatic carbocycles. The van der Waals surface area contributed by atoms with Crippen LogP contribution < -0.4 is 0 Å². The fourth-order valence-corrected chi connectivity index (χ4v) is 7.33. The standard InChI is InChI=1S/C23H33N3O3S/c1-17(2)20(16-24)25-11-13-26(14-12-25)22(27)23(9-5-6-10-23)30(28,29)21-15-18(3)7-8-19(21)4/h7-8,15,17,20H,5-6,9-14H2,1-4H3. The summed E-state index contributed by atoms with van der Waals surface area (Å²) >= 11 is 0. The fourth-order valence-electron chi connectivity index (χ4n) is 4.89. The molecule has 7 heteroatoms.